The summed E-state index contributed by atoms with van der Waals surface area (Å²) < 4.78 is 10.9. The third-order valence-corrected chi connectivity index (χ3v) is 2.66. The molecule has 0 aromatic heterocycles. The Morgan fingerprint density at radius 3 is 2.63 bits per heavy atom. The van der Waals surface area contributed by atoms with Crippen molar-refractivity contribution in [2.45, 2.75) is 39.4 Å². The third kappa shape index (κ3) is 3.68. The van der Waals surface area contributed by atoms with Gasteiger partial charge in [0, 0.05) is 0 Å². The molecule has 0 aliphatic carbocycles. The lowest BCUT2D eigenvalue weighted by molar-refractivity contribution is -0.177. The van der Waals surface area contributed by atoms with E-state index < -0.39 is 11.6 Å². The molecular formula is C14H21NO4. The predicted octanol–water partition coefficient (Wildman–Crippen LogP) is 2.14. The Bertz CT molecular complexity index is 433. The molecule has 1 unspecified atom stereocenters. The average molecular weight is 267 g/mol. The van der Waals surface area contributed by atoms with Crippen molar-refractivity contribution in [3.63, 3.8) is 0 Å². The highest BCUT2D eigenvalue weighted by Gasteiger charge is 2.39. The van der Waals surface area contributed by atoms with Crippen LogP contribution in [0, 0.1) is 0 Å². The molecule has 1 atom stereocenters. The van der Waals surface area contributed by atoms with Crippen LogP contribution in [0.3, 0.4) is 0 Å². The molecule has 5 nitrogen and oxygen atoms in total. The van der Waals surface area contributed by atoms with Gasteiger partial charge in [0.25, 0.3) is 0 Å². The first-order valence-electron chi connectivity index (χ1n) is 6.26. The second kappa shape index (κ2) is 6.54. The van der Waals surface area contributed by atoms with E-state index in [4.69, 9.17) is 15.4 Å². The third-order valence-electron chi connectivity index (χ3n) is 2.66. The van der Waals surface area contributed by atoms with Gasteiger partial charge in [-0.3, -0.25) is 0 Å². The maximum atomic E-state index is 12.2. The molecule has 0 aliphatic rings. The van der Waals surface area contributed by atoms with Gasteiger partial charge < -0.3 is 14.3 Å². The van der Waals surface area contributed by atoms with Gasteiger partial charge in [-0.05, 0) is 45.4 Å². The molecule has 1 aromatic rings. The van der Waals surface area contributed by atoms with Crippen molar-refractivity contribution in [2.75, 3.05) is 6.61 Å². The standard InChI is InChI=1S/C14H21NO4/c1-5-17-13(16)14(4,18-10(2)3)11-7-6-8-12(9-11)19-15/h6-10H,5,15H2,1-4H3. The summed E-state index contributed by atoms with van der Waals surface area (Å²) in [6.45, 7) is 7.46. The number of benzene rings is 1. The highest BCUT2D eigenvalue weighted by molar-refractivity contribution is 5.81. The lowest BCUT2D eigenvalue weighted by Gasteiger charge is -2.30. The minimum absolute atomic E-state index is 0.128. The fourth-order valence-electron chi connectivity index (χ4n) is 1.84. The van der Waals surface area contributed by atoms with Gasteiger partial charge in [0.2, 0.25) is 0 Å². The lowest BCUT2D eigenvalue weighted by atomic mass is 9.95. The predicted molar refractivity (Wildman–Crippen MR) is 71.5 cm³/mol. The molecule has 0 spiro atoms. The van der Waals surface area contributed by atoms with Gasteiger partial charge in [-0.2, -0.15) is 5.90 Å². The molecule has 0 aliphatic heterocycles. The Hall–Kier alpha value is -1.59. The monoisotopic (exact) mass is 267 g/mol. The molecule has 1 rings (SSSR count). The SMILES string of the molecule is CCOC(=O)C(C)(OC(C)C)c1cccc(ON)c1. The van der Waals surface area contributed by atoms with Crippen LogP contribution < -0.4 is 10.7 Å². The van der Waals surface area contributed by atoms with Crippen LogP contribution in [0.25, 0.3) is 0 Å². The summed E-state index contributed by atoms with van der Waals surface area (Å²) in [6.07, 6.45) is -0.128. The number of nitrogens with two attached hydrogens (primary N) is 1. The van der Waals surface area contributed by atoms with Crippen LogP contribution in [-0.2, 0) is 19.9 Å². The number of hydrogen-bond acceptors (Lipinski definition) is 5. The summed E-state index contributed by atoms with van der Waals surface area (Å²) >= 11 is 0. The Kier molecular flexibility index (Phi) is 5.32. The van der Waals surface area contributed by atoms with E-state index in [1.165, 1.54) is 0 Å². The van der Waals surface area contributed by atoms with Crippen LogP contribution in [0.15, 0.2) is 24.3 Å². The summed E-state index contributed by atoms with van der Waals surface area (Å²) in [4.78, 5) is 16.9. The summed E-state index contributed by atoms with van der Waals surface area (Å²) in [5.41, 5.74) is -0.541. The molecule has 5 heteroatoms. The Balaban J connectivity index is 3.17. The second-order valence-corrected chi connectivity index (χ2v) is 4.57. The summed E-state index contributed by atoms with van der Waals surface area (Å²) in [5, 5.41) is 0. The average Bonchev–Trinajstić information content (AvgIpc) is 2.38. The van der Waals surface area contributed by atoms with E-state index in [1.807, 2.05) is 13.8 Å². The molecule has 0 amide bonds. The summed E-state index contributed by atoms with van der Waals surface area (Å²) in [7, 11) is 0. The number of carbonyl (C=O) groups is 1. The van der Waals surface area contributed by atoms with Crippen LogP contribution >= 0.6 is 0 Å². The van der Waals surface area contributed by atoms with Crippen LogP contribution in [0.4, 0.5) is 0 Å². The fourth-order valence-corrected chi connectivity index (χ4v) is 1.84. The Morgan fingerprint density at radius 1 is 1.42 bits per heavy atom. The van der Waals surface area contributed by atoms with Crippen LogP contribution in [0.2, 0.25) is 0 Å². The molecule has 106 valence electrons. The number of rotatable bonds is 6. The zero-order valence-corrected chi connectivity index (χ0v) is 11.8. The maximum absolute atomic E-state index is 12.2. The minimum atomic E-state index is -1.18. The van der Waals surface area contributed by atoms with E-state index >= 15 is 0 Å². The first-order valence-corrected chi connectivity index (χ1v) is 6.26. The summed E-state index contributed by atoms with van der Waals surface area (Å²) in [5.74, 6) is 5.17. The van der Waals surface area contributed by atoms with Crippen molar-refractivity contribution in [3.05, 3.63) is 29.8 Å². The Labute approximate surface area is 113 Å². The van der Waals surface area contributed by atoms with Gasteiger partial charge in [0.05, 0.1) is 12.7 Å². The van der Waals surface area contributed by atoms with E-state index in [-0.39, 0.29) is 6.10 Å². The van der Waals surface area contributed by atoms with E-state index in [9.17, 15) is 4.79 Å². The van der Waals surface area contributed by atoms with Crippen molar-refractivity contribution in [1.29, 1.82) is 0 Å². The largest absolute Gasteiger partial charge is 0.464 e. The lowest BCUT2D eigenvalue weighted by Crippen LogP contribution is -2.39. The first kappa shape index (κ1) is 15.5. The quantitative estimate of drug-likeness (QED) is 0.631. The number of hydrogen-bond donors (Lipinski definition) is 1. The Morgan fingerprint density at radius 2 is 2.11 bits per heavy atom. The fraction of sp³-hybridized carbons (Fsp3) is 0.500. The molecule has 0 saturated carbocycles. The molecule has 0 saturated heterocycles. The normalized spacial score (nSPS) is 14.0. The molecule has 0 radical (unpaired) electrons. The van der Waals surface area contributed by atoms with Crippen molar-refractivity contribution >= 4 is 5.97 Å². The van der Waals surface area contributed by atoms with Gasteiger partial charge >= 0.3 is 5.97 Å². The molecule has 2 N–H and O–H groups in total. The zero-order chi connectivity index (χ0) is 14.5. The van der Waals surface area contributed by atoms with Gasteiger partial charge in [-0.1, -0.05) is 12.1 Å². The molecule has 1 aromatic carbocycles. The second-order valence-electron chi connectivity index (χ2n) is 4.57. The first-order chi connectivity index (χ1) is 8.93. The van der Waals surface area contributed by atoms with Crippen LogP contribution in [0.1, 0.15) is 33.3 Å². The summed E-state index contributed by atoms with van der Waals surface area (Å²) in [6, 6.07) is 6.89. The van der Waals surface area contributed by atoms with E-state index in [0.717, 1.165) is 0 Å². The minimum Gasteiger partial charge on any atom is -0.464 e. The molecule has 0 fully saturated rings. The van der Waals surface area contributed by atoms with Crippen molar-refractivity contribution in [3.8, 4) is 5.75 Å². The van der Waals surface area contributed by atoms with Gasteiger partial charge in [0.15, 0.2) is 5.60 Å². The molecule has 19 heavy (non-hydrogen) atoms. The van der Waals surface area contributed by atoms with Crippen molar-refractivity contribution in [2.24, 2.45) is 5.90 Å². The van der Waals surface area contributed by atoms with Crippen LogP contribution in [-0.4, -0.2) is 18.7 Å². The molecular weight excluding hydrogens is 246 g/mol. The van der Waals surface area contributed by atoms with E-state index in [0.29, 0.717) is 17.9 Å². The zero-order valence-electron chi connectivity index (χ0n) is 11.8. The van der Waals surface area contributed by atoms with E-state index in [1.54, 1.807) is 38.1 Å². The van der Waals surface area contributed by atoms with E-state index in [2.05, 4.69) is 4.84 Å². The van der Waals surface area contributed by atoms with Crippen LogP contribution in [0.5, 0.6) is 5.75 Å². The number of esters is 1. The van der Waals surface area contributed by atoms with Crippen molar-refractivity contribution in [1.82, 2.24) is 0 Å². The topological polar surface area (TPSA) is 70.8 Å². The molecule has 0 bridgehead atoms. The number of carbonyl (C=O) groups excluding carboxylic acids is 1. The number of ether oxygens (including phenoxy) is 2. The van der Waals surface area contributed by atoms with Gasteiger partial charge in [0.1, 0.15) is 5.75 Å². The van der Waals surface area contributed by atoms with Crippen molar-refractivity contribution < 1.29 is 19.1 Å². The van der Waals surface area contributed by atoms with Gasteiger partial charge in [-0.15, -0.1) is 0 Å². The molecule has 0 heterocycles. The highest BCUT2D eigenvalue weighted by atomic mass is 16.6. The highest BCUT2D eigenvalue weighted by Crippen LogP contribution is 2.30. The van der Waals surface area contributed by atoms with Gasteiger partial charge in [-0.25, -0.2) is 4.79 Å². The maximum Gasteiger partial charge on any atom is 0.342 e. The smallest absolute Gasteiger partial charge is 0.342 e.